The van der Waals surface area contributed by atoms with Gasteiger partial charge in [0, 0.05) is 6.61 Å². The first-order valence-corrected chi connectivity index (χ1v) is 18.1. The predicted octanol–water partition coefficient (Wildman–Crippen LogP) is 12.2. The second-order valence-electron chi connectivity index (χ2n) is 12.6. The molecule has 3 nitrogen and oxygen atoms in total. The van der Waals surface area contributed by atoms with Crippen molar-refractivity contribution < 1.29 is 15.0 Å². The number of aliphatic carboxylic acids is 1. The normalized spacial score (nSPS) is 12.3. The highest BCUT2D eigenvalue weighted by Gasteiger charge is 2.16. The maximum atomic E-state index is 11.7. The van der Waals surface area contributed by atoms with Crippen molar-refractivity contribution in [1.82, 2.24) is 0 Å². The molecule has 1 atom stereocenters. The summed E-state index contributed by atoms with van der Waals surface area (Å²) in [5.74, 6) is -0.672. The zero-order chi connectivity index (χ0) is 28.5. The Hall–Kier alpha value is -0.570. The molecule has 0 fully saturated rings. The zero-order valence-corrected chi connectivity index (χ0v) is 26.7. The van der Waals surface area contributed by atoms with Crippen molar-refractivity contribution >= 4 is 5.97 Å². The quantitative estimate of drug-likeness (QED) is 0.0780. The lowest BCUT2D eigenvalue weighted by molar-refractivity contribution is -0.142. The minimum absolute atomic E-state index is 0.108. The maximum Gasteiger partial charge on any atom is 0.306 e. The van der Waals surface area contributed by atoms with Crippen molar-refractivity contribution in [3.8, 4) is 0 Å². The molecule has 0 bridgehead atoms. The fraction of sp³-hybridized carbons (Fsp3) is 0.972. The number of hydrogen-bond donors (Lipinski definition) is 2. The summed E-state index contributed by atoms with van der Waals surface area (Å²) in [6, 6.07) is 0. The van der Waals surface area contributed by atoms with E-state index < -0.39 is 5.97 Å². The Bertz CT molecular complexity index is 464. The van der Waals surface area contributed by atoms with Gasteiger partial charge in [-0.3, -0.25) is 4.79 Å². The van der Waals surface area contributed by atoms with E-state index in [0.717, 1.165) is 32.1 Å². The van der Waals surface area contributed by atoms with Gasteiger partial charge in [-0.1, -0.05) is 193 Å². The summed E-state index contributed by atoms with van der Waals surface area (Å²) in [6.45, 7) is 2.63. The molecule has 234 valence electrons. The average Bonchev–Trinajstić information content (AvgIpc) is 2.93. The minimum Gasteiger partial charge on any atom is -0.481 e. The van der Waals surface area contributed by atoms with E-state index in [9.17, 15) is 9.90 Å². The third kappa shape index (κ3) is 31.8. The van der Waals surface area contributed by atoms with Crippen molar-refractivity contribution in [2.45, 2.75) is 212 Å². The lowest BCUT2D eigenvalue weighted by atomic mass is 9.94. The van der Waals surface area contributed by atoms with E-state index in [2.05, 4.69) is 6.92 Å². The van der Waals surface area contributed by atoms with Crippen molar-refractivity contribution in [1.29, 1.82) is 0 Å². The minimum atomic E-state index is -0.564. The van der Waals surface area contributed by atoms with E-state index >= 15 is 0 Å². The standard InChI is InChI=1S/C36H72O3/c1-2-3-4-5-6-7-8-9-14-17-20-23-26-29-32-35(36(38)39)33-30-27-24-21-18-15-12-10-11-13-16-19-22-25-28-31-34-37/h35,37H,2-34H2,1H3,(H,38,39). The second kappa shape index (κ2) is 33.6. The van der Waals surface area contributed by atoms with Crippen molar-refractivity contribution in [3.63, 3.8) is 0 Å². The van der Waals surface area contributed by atoms with Gasteiger partial charge in [-0.25, -0.2) is 0 Å². The Morgan fingerprint density at radius 3 is 0.872 bits per heavy atom. The molecule has 0 aliphatic rings. The molecule has 3 heteroatoms. The van der Waals surface area contributed by atoms with Crippen LogP contribution in [0.4, 0.5) is 0 Å². The topological polar surface area (TPSA) is 57.5 Å². The Morgan fingerprint density at radius 1 is 0.410 bits per heavy atom. The Balaban J connectivity index is 3.37. The molecule has 0 aromatic carbocycles. The summed E-state index contributed by atoms with van der Waals surface area (Å²) in [5.41, 5.74) is 0. The molecule has 0 saturated heterocycles. The third-order valence-corrected chi connectivity index (χ3v) is 8.72. The monoisotopic (exact) mass is 553 g/mol. The van der Waals surface area contributed by atoms with E-state index in [1.165, 1.54) is 173 Å². The Morgan fingerprint density at radius 2 is 0.641 bits per heavy atom. The van der Waals surface area contributed by atoms with Gasteiger partial charge in [0.05, 0.1) is 5.92 Å². The van der Waals surface area contributed by atoms with Gasteiger partial charge in [0.1, 0.15) is 0 Å². The Kier molecular flexibility index (Phi) is 33.1. The van der Waals surface area contributed by atoms with Gasteiger partial charge in [-0.15, -0.1) is 0 Å². The molecule has 39 heavy (non-hydrogen) atoms. The molecule has 0 spiro atoms. The lowest BCUT2D eigenvalue weighted by Gasteiger charge is -2.12. The molecular weight excluding hydrogens is 480 g/mol. The SMILES string of the molecule is CCCCCCCCCCCCCCCCC(CCCCCCCCCCCCCCCCCCO)C(=O)O. The summed E-state index contributed by atoms with van der Waals surface area (Å²) in [6.07, 6.45) is 41.5. The molecule has 2 N–H and O–H groups in total. The van der Waals surface area contributed by atoms with Gasteiger partial charge < -0.3 is 10.2 Å². The summed E-state index contributed by atoms with van der Waals surface area (Å²) in [4.78, 5) is 11.7. The van der Waals surface area contributed by atoms with Crippen LogP contribution in [0.5, 0.6) is 0 Å². The van der Waals surface area contributed by atoms with Crippen LogP contribution in [0.3, 0.4) is 0 Å². The first-order chi connectivity index (χ1) is 19.2. The fourth-order valence-corrected chi connectivity index (χ4v) is 5.95. The molecule has 0 aromatic rings. The summed E-state index contributed by atoms with van der Waals surface area (Å²) < 4.78 is 0. The fourth-order valence-electron chi connectivity index (χ4n) is 5.95. The van der Waals surface area contributed by atoms with Crippen LogP contribution < -0.4 is 0 Å². The molecule has 1 unspecified atom stereocenters. The molecule has 0 amide bonds. The number of aliphatic hydroxyl groups excluding tert-OH is 1. The highest BCUT2D eigenvalue weighted by Crippen LogP contribution is 2.20. The highest BCUT2D eigenvalue weighted by molar-refractivity contribution is 5.69. The molecule has 0 rings (SSSR count). The van der Waals surface area contributed by atoms with Gasteiger partial charge in [-0.2, -0.15) is 0 Å². The number of hydrogen-bond acceptors (Lipinski definition) is 2. The van der Waals surface area contributed by atoms with Gasteiger partial charge in [0.15, 0.2) is 0 Å². The van der Waals surface area contributed by atoms with E-state index in [1.54, 1.807) is 0 Å². The first kappa shape index (κ1) is 38.4. The van der Waals surface area contributed by atoms with Crippen LogP contribution in [0, 0.1) is 5.92 Å². The summed E-state index contributed by atoms with van der Waals surface area (Å²) in [7, 11) is 0. The second-order valence-corrected chi connectivity index (χ2v) is 12.6. The average molecular weight is 553 g/mol. The molecule has 0 saturated carbocycles. The Labute approximate surface area is 245 Å². The van der Waals surface area contributed by atoms with Crippen LogP contribution >= 0.6 is 0 Å². The summed E-state index contributed by atoms with van der Waals surface area (Å²) in [5, 5.41) is 18.4. The van der Waals surface area contributed by atoms with Crippen molar-refractivity contribution in [2.75, 3.05) is 6.61 Å². The third-order valence-electron chi connectivity index (χ3n) is 8.72. The van der Waals surface area contributed by atoms with Gasteiger partial charge in [0.25, 0.3) is 0 Å². The number of aliphatic hydroxyl groups is 1. The smallest absolute Gasteiger partial charge is 0.306 e. The van der Waals surface area contributed by atoms with Crippen LogP contribution in [0.1, 0.15) is 212 Å². The lowest BCUT2D eigenvalue weighted by Crippen LogP contribution is -2.13. The number of carboxylic acid groups (broad SMARTS) is 1. The highest BCUT2D eigenvalue weighted by atomic mass is 16.4. The molecule has 0 aliphatic carbocycles. The van der Waals surface area contributed by atoms with Crippen molar-refractivity contribution in [3.05, 3.63) is 0 Å². The number of carboxylic acids is 1. The largest absolute Gasteiger partial charge is 0.481 e. The molecule has 0 radical (unpaired) electrons. The van der Waals surface area contributed by atoms with E-state index in [-0.39, 0.29) is 5.92 Å². The molecular formula is C36H72O3. The number of rotatable bonds is 34. The van der Waals surface area contributed by atoms with E-state index in [1.807, 2.05) is 0 Å². The van der Waals surface area contributed by atoms with Crippen molar-refractivity contribution in [2.24, 2.45) is 5.92 Å². The summed E-state index contributed by atoms with van der Waals surface area (Å²) >= 11 is 0. The van der Waals surface area contributed by atoms with Crippen LogP contribution in [0.15, 0.2) is 0 Å². The van der Waals surface area contributed by atoms with Gasteiger partial charge >= 0.3 is 5.97 Å². The number of unbranched alkanes of at least 4 members (excludes halogenated alkanes) is 28. The molecule has 0 aliphatic heterocycles. The first-order valence-electron chi connectivity index (χ1n) is 18.1. The molecule has 0 aromatic heterocycles. The molecule has 0 heterocycles. The van der Waals surface area contributed by atoms with Crippen LogP contribution in [0.2, 0.25) is 0 Å². The van der Waals surface area contributed by atoms with Crippen LogP contribution in [0.25, 0.3) is 0 Å². The van der Waals surface area contributed by atoms with E-state index in [4.69, 9.17) is 5.11 Å². The zero-order valence-electron chi connectivity index (χ0n) is 26.7. The predicted molar refractivity (Wildman–Crippen MR) is 172 cm³/mol. The van der Waals surface area contributed by atoms with Gasteiger partial charge in [0.2, 0.25) is 0 Å². The van der Waals surface area contributed by atoms with E-state index in [0.29, 0.717) is 6.61 Å². The van der Waals surface area contributed by atoms with Crippen LogP contribution in [-0.4, -0.2) is 22.8 Å². The number of carbonyl (C=O) groups is 1. The maximum absolute atomic E-state index is 11.7. The van der Waals surface area contributed by atoms with Gasteiger partial charge in [-0.05, 0) is 19.3 Å². The van der Waals surface area contributed by atoms with Crippen LogP contribution in [-0.2, 0) is 4.79 Å².